The van der Waals surface area contributed by atoms with E-state index in [1.807, 2.05) is 19.1 Å². The number of benzene rings is 1. The van der Waals surface area contributed by atoms with Gasteiger partial charge in [0.15, 0.2) is 0 Å². The first kappa shape index (κ1) is 10.2. The summed E-state index contributed by atoms with van der Waals surface area (Å²) >= 11 is 0. The van der Waals surface area contributed by atoms with Crippen molar-refractivity contribution in [1.29, 1.82) is 0 Å². The number of pyridine rings is 1. The van der Waals surface area contributed by atoms with Gasteiger partial charge >= 0.3 is 0 Å². The van der Waals surface area contributed by atoms with Crippen molar-refractivity contribution in [2.45, 2.75) is 13.5 Å². The van der Waals surface area contributed by atoms with Crippen molar-refractivity contribution < 1.29 is 4.74 Å². The number of H-pyrrole nitrogens is 1. The molecule has 2 aromatic heterocycles. The van der Waals surface area contributed by atoms with Crippen LogP contribution in [0.5, 0.6) is 0 Å². The summed E-state index contributed by atoms with van der Waals surface area (Å²) in [6.07, 6.45) is 0. The summed E-state index contributed by atoms with van der Waals surface area (Å²) in [6.45, 7) is 2.47. The maximum Gasteiger partial charge on any atom is 0.112 e. The Morgan fingerprint density at radius 1 is 1.24 bits per heavy atom. The van der Waals surface area contributed by atoms with Gasteiger partial charge in [0.2, 0.25) is 0 Å². The number of nitrogens with one attached hydrogen (secondary N) is 1. The quantitative estimate of drug-likeness (QED) is 0.732. The fourth-order valence-corrected chi connectivity index (χ4v) is 2.15. The van der Waals surface area contributed by atoms with E-state index in [2.05, 4.69) is 27.3 Å². The lowest BCUT2D eigenvalue weighted by molar-refractivity contribution is 0.183. The second-order valence-electron chi connectivity index (χ2n) is 4.07. The summed E-state index contributed by atoms with van der Waals surface area (Å²) in [5, 5.41) is 9.53. The van der Waals surface area contributed by atoms with Crippen molar-refractivity contribution in [3.05, 3.63) is 35.7 Å². The molecule has 3 aromatic rings. The van der Waals surface area contributed by atoms with E-state index in [-0.39, 0.29) is 0 Å². The molecule has 0 fully saturated rings. The molecule has 0 atom stereocenters. The number of aromatic amines is 1. The number of hydrogen-bond acceptors (Lipinski definition) is 3. The smallest absolute Gasteiger partial charge is 0.112 e. The van der Waals surface area contributed by atoms with E-state index in [1.54, 1.807) is 7.11 Å². The van der Waals surface area contributed by atoms with Crippen LogP contribution in [0.15, 0.2) is 24.3 Å². The normalized spacial score (nSPS) is 11.4. The second kappa shape index (κ2) is 3.82. The highest BCUT2D eigenvalue weighted by molar-refractivity contribution is 6.04. The molecular formula is C13H13N3O. The standard InChI is InChI=1S/C13H13N3O/c1-8-12-13(16-15-8)10-6-4-3-5-9(10)11(14-12)7-17-2/h3-6H,7H2,1-2H3,(H,15,16). The predicted molar refractivity (Wildman–Crippen MR) is 66.8 cm³/mol. The Morgan fingerprint density at radius 3 is 2.76 bits per heavy atom. The van der Waals surface area contributed by atoms with E-state index in [1.165, 1.54) is 0 Å². The number of nitrogens with zero attached hydrogens (tertiary/aromatic N) is 2. The average molecular weight is 227 g/mol. The highest BCUT2D eigenvalue weighted by Crippen LogP contribution is 2.26. The van der Waals surface area contributed by atoms with Gasteiger partial charge in [0, 0.05) is 17.9 Å². The van der Waals surface area contributed by atoms with Crippen LogP contribution in [0.3, 0.4) is 0 Å². The van der Waals surface area contributed by atoms with E-state index < -0.39 is 0 Å². The first-order valence-electron chi connectivity index (χ1n) is 5.52. The molecule has 1 aromatic carbocycles. The van der Waals surface area contributed by atoms with E-state index in [0.717, 1.165) is 33.2 Å². The van der Waals surface area contributed by atoms with Crippen LogP contribution in [0.1, 0.15) is 11.4 Å². The van der Waals surface area contributed by atoms with Crippen LogP contribution >= 0.6 is 0 Å². The third-order valence-corrected chi connectivity index (χ3v) is 2.95. The summed E-state index contributed by atoms with van der Waals surface area (Å²) in [5.41, 5.74) is 3.80. The zero-order chi connectivity index (χ0) is 11.8. The summed E-state index contributed by atoms with van der Waals surface area (Å²) in [4.78, 5) is 4.63. The molecule has 0 bridgehead atoms. The number of aromatic nitrogens is 3. The summed E-state index contributed by atoms with van der Waals surface area (Å²) in [7, 11) is 1.68. The number of aryl methyl sites for hydroxylation is 1. The second-order valence-corrected chi connectivity index (χ2v) is 4.07. The number of hydrogen-bond donors (Lipinski definition) is 1. The molecular weight excluding hydrogens is 214 g/mol. The van der Waals surface area contributed by atoms with Crippen LogP contribution in [0.25, 0.3) is 21.8 Å². The summed E-state index contributed by atoms with van der Waals surface area (Å²) < 4.78 is 5.21. The third-order valence-electron chi connectivity index (χ3n) is 2.95. The van der Waals surface area contributed by atoms with Crippen LogP contribution in [-0.2, 0) is 11.3 Å². The van der Waals surface area contributed by atoms with Crippen LogP contribution in [0.4, 0.5) is 0 Å². The van der Waals surface area contributed by atoms with Crippen LogP contribution in [0, 0.1) is 6.92 Å². The molecule has 0 unspecified atom stereocenters. The summed E-state index contributed by atoms with van der Waals surface area (Å²) in [6, 6.07) is 8.18. The predicted octanol–water partition coefficient (Wildman–Crippen LogP) is 2.57. The molecule has 0 amide bonds. The minimum absolute atomic E-state index is 0.515. The van der Waals surface area contributed by atoms with Gasteiger partial charge < -0.3 is 4.74 Å². The lowest BCUT2D eigenvalue weighted by Crippen LogP contribution is -1.95. The number of ether oxygens (including phenoxy) is 1. The van der Waals surface area contributed by atoms with Crippen molar-refractivity contribution >= 4 is 21.8 Å². The monoisotopic (exact) mass is 227 g/mol. The van der Waals surface area contributed by atoms with Gasteiger partial charge in [0.05, 0.1) is 23.5 Å². The highest BCUT2D eigenvalue weighted by atomic mass is 16.5. The molecule has 0 radical (unpaired) electrons. The van der Waals surface area contributed by atoms with Gasteiger partial charge in [-0.15, -0.1) is 0 Å². The zero-order valence-electron chi connectivity index (χ0n) is 9.82. The summed E-state index contributed by atoms with van der Waals surface area (Å²) in [5.74, 6) is 0. The molecule has 4 nitrogen and oxygen atoms in total. The number of methoxy groups -OCH3 is 1. The van der Waals surface area contributed by atoms with Gasteiger partial charge in [-0.05, 0) is 6.92 Å². The van der Waals surface area contributed by atoms with Gasteiger partial charge in [-0.25, -0.2) is 4.98 Å². The van der Waals surface area contributed by atoms with Crippen molar-refractivity contribution in [2.75, 3.05) is 7.11 Å². The SMILES string of the molecule is COCc1nc2c(C)n[nH]c2c2ccccc12. The topological polar surface area (TPSA) is 50.8 Å². The number of fused-ring (bicyclic) bond motifs is 3. The Hall–Kier alpha value is -1.94. The Bertz CT molecular complexity index is 688. The lowest BCUT2D eigenvalue weighted by Gasteiger charge is -2.06. The molecule has 2 heterocycles. The molecule has 0 saturated carbocycles. The Morgan fingerprint density at radius 2 is 2.00 bits per heavy atom. The maximum absolute atomic E-state index is 5.21. The average Bonchev–Trinajstić information content (AvgIpc) is 2.72. The molecule has 17 heavy (non-hydrogen) atoms. The first-order valence-corrected chi connectivity index (χ1v) is 5.52. The molecule has 0 saturated heterocycles. The Labute approximate surface area is 98.6 Å². The van der Waals surface area contributed by atoms with Gasteiger partial charge in [-0.2, -0.15) is 5.10 Å². The van der Waals surface area contributed by atoms with Crippen molar-refractivity contribution in [3.63, 3.8) is 0 Å². The van der Waals surface area contributed by atoms with Gasteiger partial charge in [-0.3, -0.25) is 5.10 Å². The Balaban J connectivity index is 2.47. The molecule has 4 heteroatoms. The van der Waals surface area contributed by atoms with Crippen molar-refractivity contribution in [2.24, 2.45) is 0 Å². The molecule has 0 aliphatic rings. The van der Waals surface area contributed by atoms with Crippen LogP contribution < -0.4 is 0 Å². The Kier molecular flexibility index (Phi) is 2.30. The minimum atomic E-state index is 0.515. The molecule has 1 N–H and O–H groups in total. The molecule has 0 aliphatic carbocycles. The largest absolute Gasteiger partial charge is 0.378 e. The van der Waals surface area contributed by atoms with Gasteiger partial charge in [0.1, 0.15) is 5.52 Å². The van der Waals surface area contributed by atoms with E-state index >= 15 is 0 Å². The highest BCUT2D eigenvalue weighted by Gasteiger charge is 2.11. The molecule has 0 spiro atoms. The van der Waals surface area contributed by atoms with Crippen LogP contribution in [0.2, 0.25) is 0 Å². The van der Waals surface area contributed by atoms with Crippen molar-refractivity contribution in [3.8, 4) is 0 Å². The first-order chi connectivity index (χ1) is 8.31. The number of rotatable bonds is 2. The van der Waals surface area contributed by atoms with Crippen molar-refractivity contribution in [1.82, 2.24) is 15.2 Å². The van der Waals surface area contributed by atoms with Crippen LogP contribution in [-0.4, -0.2) is 22.3 Å². The van der Waals surface area contributed by atoms with Gasteiger partial charge in [0.25, 0.3) is 0 Å². The maximum atomic E-state index is 5.21. The zero-order valence-corrected chi connectivity index (χ0v) is 9.82. The molecule has 86 valence electrons. The lowest BCUT2D eigenvalue weighted by atomic mass is 10.1. The molecule has 0 aliphatic heterocycles. The fourth-order valence-electron chi connectivity index (χ4n) is 2.15. The fraction of sp³-hybridized carbons (Fsp3) is 0.231. The molecule has 3 rings (SSSR count). The van der Waals surface area contributed by atoms with Gasteiger partial charge in [-0.1, -0.05) is 24.3 Å². The van der Waals surface area contributed by atoms with E-state index in [9.17, 15) is 0 Å². The minimum Gasteiger partial charge on any atom is -0.378 e. The van der Waals surface area contributed by atoms with E-state index in [4.69, 9.17) is 4.74 Å². The van der Waals surface area contributed by atoms with E-state index in [0.29, 0.717) is 6.61 Å². The third kappa shape index (κ3) is 1.49.